The Hall–Kier alpha value is -0.870. The molecular formula is C15H20BrNO2. The zero-order valence-electron chi connectivity index (χ0n) is 11.0. The maximum Gasteiger partial charge on any atom is 0.254 e. The van der Waals surface area contributed by atoms with Crippen LogP contribution in [0.2, 0.25) is 0 Å². The topological polar surface area (TPSA) is 40.5 Å². The zero-order chi connectivity index (χ0) is 13.7. The molecule has 4 heteroatoms. The summed E-state index contributed by atoms with van der Waals surface area (Å²) in [7, 11) is 0. The minimum atomic E-state index is -0.0224. The summed E-state index contributed by atoms with van der Waals surface area (Å²) in [6.45, 7) is 0.815. The van der Waals surface area contributed by atoms with Crippen LogP contribution in [-0.2, 0) is 5.33 Å². The summed E-state index contributed by atoms with van der Waals surface area (Å²) in [5.41, 5.74) is 1.87. The highest BCUT2D eigenvalue weighted by Gasteiger charge is 2.25. The van der Waals surface area contributed by atoms with Crippen LogP contribution >= 0.6 is 15.9 Å². The third-order valence-electron chi connectivity index (χ3n) is 3.70. The van der Waals surface area contributed by atoms with E-state index in [0.29, 0.717) is 5.56 Å². The number of rotatable bonds is 3. The van der Waals surface area contributed by atoms with Gasteiger partial charge in [0.2, 0.25) is 0 Å². The van der Waals surface area contributed by atoms with Crippen LogP contribution in [0.1, 0.15) is 41.6 Å². The van der Waals surface area contributed by atoms with Gasteiger partial charge in [-0.25, -0.2) is 0 Å². The van der Waals surface area contributed by atoms with Crippen LogP contribution in [-0.4, -0.2) is 35.1 Å². The van der Waals surface area contributed by atoms with Crippen molar-refractivity contribution in [3.05, 3.63) is 35.4 Å². The normalized spacial score (nSPS) is 20.1. The number of halogens is 1. The number of aliphatic hydroxyl groups excluding tert-OH is 1. The molecule has 0 aromatic heterocycles. The summed E-state index contributed by atoms with van der Waals surface area (Å²) in [4.78, 5) is 14.4. The van der Waals surface area contributed by atoms with Gasteiger partial charge in [0.1, 0.15) is 0 Å². The van der Waals surface area contributed by atoms with Crippen LogP contribution in [0.25, 0.3) is 0 Å². The first kappa shape index (κ1) is 14.5. The van der Waals surface area contributed by atoms with Crippen molar-refractivity contribution in [1.29, 1.82) is 0 Å². The molecule has 1 aromatic carbocycles. The number of carbonyl (C=O) groups excluding carboxylic acids is 1. The van der Waals surface area contributed by atoms with Gasteiger partial charge in [0, 0.05) is 17.4 Å². The average Bonchev–Trinajstić information content (AvgIpc) is 2.71. The summed E-state index contributed by atoms with van der Waals surface area (Å²) in [5.74, 6) is 0.0436. The number of nitrogens with zero attached hydrogens (tertiary/aromatic N) is 1. The molecule has 19 heavy (non-hydrogen) atoms. The zero-order valence-corrected chi connectivity index (χ0v) is 12.6. The van der Waals surface area contributed by atoms with Crippen molar-refractivity contribution >= 4 is 21.8 Å². The molecule has 1 heterocycles. The highest BCUT2D eigenvalue weighted by atomic mass is 79.9. The molecule has 0 bridgehead atoms. The van der Waals surface area contributed by atoms with Crippen molar-refractivity contribution in [2.24, 2.45) is 0 Å². The summed E-state index contributed by atoms with van der Waals surface area (Å²) in [6, 6.07) is 7.66. The highest BCUT2D eigenvalue weighted by molar-refractivity contribution is 9.08. The predicted molar refractivity (Wildman–Crippen MR) is 79.5 cm³/mol. The second kappa shape index (κ2) is 7.06. The molecule has 1 aliphatic heterocycles. The van der Waals surface area contributed by atoms with Crippen LogP contribution < -0.4 is 0 Å². The first-order chi connectivity index (χ1) is 9.26. The van der Waals surface area contributed by atoms with E-state index >= 15 is 0 Å². The molecule has 1 aromatic rings. The van der Waals surface area contributed by atoms with Crippen LogP contribution in [0, 0.1) is 0 Å². The van der Waals surface area contributed by atoms with Crippen LogP contribution in [0.3, 0.4) is 0 Å². The molecule has 0 spiro atoms. The number of amides is 1. The number of hydrogen-bond donors (Lipinski definition) is 1. The first-order valence-electron chi connectivity index (χ1n) is 6.83. The van der Waals surface area contributed by atoms with E-state index in [1.54, 1.807) is 0 Å². The van der Waals surface area contributed by atoms with E-state index in [4.69, 9.17) is 0 Å². The van der Waals surface area contributed by atoms with Crippen molar-refractivity contribution in [2.75, 3.05) is 13.2 Å². The standard InChI is InChI=1S/C15H20BrNO2/c16-10-12-5-7-13(8-6-12)15(19)17-9-3-1-2-4-14(17)11-18/h5-8,14,18H,1-4,9-11H2. The van der Waals surface area contributed by atoms with Gasteiger partial charge in [-0.1, -0.05) is 40.9 Å². The fraction of sp³-hybridized carbons (Fsp3) is 0.533. The van der Waals surface area contributed by atoms with Gasteiger partial charge in [-0.05, 0) is 30.5 Å². The van der Waals surface area contributed by atoms with Crippen LogP contribution in [0.4, 0.5) is 0 Å². The summed E-state index contributed by atoms with van der Waals surface area (Å²) >= 11 is 3.40. The van der Waals surface area contributed by atoms with Crippen molar-refractivity contribution < 1.29 is 9.90 Å². The van der Waals surface area contributed by atoms with E-state index in [2.05, 4.69) is 15.9 Å². The smallest absolute Gasteiger partial charge is 0.254 e. The Kier molecular flexibility index (Phi) is 5.40. The Morgan fingerprint density at radius 1 is 1.26 bits per heavy atom. The lowest BCUT2D eigenvalue weighted by Gasteiger charge is -2.28. The first-order valence-corrected chi connectivity index (χ1v) is 7.95. The molecule has 0 aliphatic carbocycles. The monoisotopic (exact) mass is 325 g/mol. The molecule has 2 rings (SSSR count). The minimum Gasteiger partial charge on any atom is -0.394 e. The lowest BCUT2D eigenvalue weighted by atomic mass is 10.1. The van der Waals surface area contributed by atoms with E-state index < -0.39 is 0 Å². The van der Waals surface area contributed by atoms with Gasteiger partial charge in [-0.3, -0.25) is 4.79 Å². The molecule has 1 atom stereocenters. The Morgan fingerprint density at radius 2 is 2.00 bits per heavy atom. The average molecular weight is 326 g/mol. The predicted octanol–water partition coefficient (Wildman–Crippen LogP) is 2.96. The summed E-state index contributed by atoms with van der Waals surface area (Å²) in [5, 5.41) is 10.3. The van der Waals surface area contributed by atoms with Crippen LogP contribution in [0.5, 0.6) is 0 Å². The second-order valence-corrected chi connectivity index (χ2v) is 5.58. The number of hydrogen-bond acceptors (Lipinski definition) is 2. The highest BCUT2D eigenvalue weighted by Crippen LogP contribution is 2.19. The van der Waals surface area contributed by atoms with Crippen molar-refractivity contribution in [3.63, 3.8) is 0 Å². The van der Waals surface area contributed by atoms with Crippen molar-refractivity contribution in [1.82, 2.24) is 4.90 Å². The van der Waals surface area contributed by atoms with Gasteiger partial charge in [-0.15, -0.1) is 0 Å². The number of alkyl halides is 1. The summed E-state index contributed by atoms with van der Waals surface area (Å²) in [6.07, 6.45) is 4.17. The second-order valence-electron chi connectivity index (χ2n) is 5.01. The van der Waals surface area contributed by atoms with Gasteiger partial charge in [-0.2, -0.15) is 0 Å². The van der Waals surface area contributed by atoms with E-state index in [9.17, 15) is 9.90 Å². The molecule has 1 N–H and O–H groups in total. The fourth-order valence-electron chi connectivity index (χ4n) is 2.54. The third-order valence-corrected chi connectivity index (χ3v) is 4.35. The Balaban J connectivity index is 2.15. The van der Waals surface area contributed by atoms with Crippen molar-refractivity contribution in [2.45, 2.75) is 37.1 Å². The Morgan fingerprint density at radius 3 is 2.63 bits per heavy atom. The molecule has 1 amide bonds. The minimum absolute atomic E-state index is 0.0224. The number of likely N-dealkylation sites (tertiary alicyclic amines) is 1. The third kappa shape index (κ3) is 3.57. The molecule has 1 fully saturated rings. The summed E-state index contributed by atoms with van der Waals surface area (Å²) < 4.78 is 0. The van der Waals surface area contributed by atoms with Gasteiger partial charge >= 0.3 is 0 Å². The van der Waals surface area contributed by atoms with Gasteiger partial charge in [0.05, 0.1) is 12.6 Å². The maximum absolute atomic E-state index is 12.5. The van der Waals surface area contributed by atoms with Crippen LogP contribution in [0.15, 0.2) is 24.3 Å². The fourth-order valence-corrected chi connectivity index (χ4v) is 2.91. The molecule has 1 aliphatic rings. The quantitative estimate of drug-likeness (QED) is 0.868. The van der Waals surface area contributed by atoms with E-state index in [0.717, 1.165) is 43.1 Å². The van der Waals surface area contributed by atoms with Gasteiger partial charge < -0.3 is 10.0 Å². The molecule has 0 radical (unpaired) electrons. The number of benzene rings is 1. The lowest BCUT2D eigenvalue weighted by molar-refractivity contribution is 0.0600. The molecule has 0 saturated carbocycles. The molecule has 3 nitrogen and oxygen atoms in total. The van der Waals surface area contributed by atoms with E-state index in [-0.39, 0.29) is 18.6 Å². The van der Waals surface area contributed by atoms with Gasteiger partial charge in [0.15, 0.2) is 0 Å². The van der Waals surface area contributed by atoms with E-state index in [1.165, 1.54) is 0 Å². The Labute approximate surface area is 122 Å². The number of aliphatic hydroxyl groups is 1. The largest absolute Gasteiger partial charge is 0.394 e. The van der Waals surface area contributed by atoms with E-state index in [1.807, 2.05) is 29.2 Å². The SMILES string of the molecule is O=C(c1ccc(CBr)cc1)N1CCCCCC1CO. The molecule has 1 unspecified atom stereocenters. The maximum atomic E-state index is 12.5. The Bertz CT molecular complexity index is 419. The molecule has 1 saturated heterocycles. The van der Waals surface area contributed by atoms with Crippen molar-refractivity contribution in [3.8, 4) is 0 Å². The molecular weight excluding hydrogens is 306 g/mol. The van der Waals surface area contributed by atoms with Gasteiger partial charge in [0.25, 0.3) is 5.91 Å². The lowest BCUT2D eigenvalue weighted by Crippen LogP contribution is -2.42. The number of carbonyl (C=O) groups is 1. The molecule has 104 valence electrons.